The van der Waals surface area contributed by atoms with E-state index in [4.69, 9.17) is 0 Å². The van der Waals surface area contributed by atoms with Crippen LogP contribution in [0.15, 0.2) is 60.5 Å². The first-order chi connectivity index (χ1) is 10.2. The van der Waals surface area contributed by atoms with Crippen molar-refractivity contribution >= 4 is 10.9 Å². The van der Waals surface area contributed by atoms with E-state index >= 15 is 0 Å². The third-order valence-electron chi connectivity index (χ3n) is 3.94. The van der Waals surface area contributed by atoms with Gasteiger partial charge in [0.2, 0.25) is 0 Å². The number of aliphatic hydroxyl groups is 1. The number of para-hydroxylation sites is 1. The Morgan fingerprint density at radius 2 is 2.19 bits per heavy atom. The van der Waals surface area contributed by atoms with Crippen molar-refractivity contribution in [3.8, 4) is 0 Å². The lowest BCUT2D eigenvalue weighted by atomic mass is 10.0. The van der Waals surface area contributed by atoms with Crippen molar-refractivity contribution < 1.29 is 5.11 Å². The van der Waals surface area contributed by atoms with Crippen molar-refractivity contribution in [2.75, 3.05) is 6.54 Å². The number of rotatable bonds is 5. The summed E-state index contributed by atoms with van der Waals surface area (Å²) in [6, 6.07) is 10.3. The molecule has 1 aromatic heterocycles. The quantitative estimate of drug-likeness (QED) is 0.884. The van der Waals surface area contributed by atoms with Crippen molar-refractivity contribution in [2.45, 2.75) is 26.0 Å². The van der Waals surface area contributed by atoms with E-state index < -0.39 is 6.10 Å². The van der Waals surface area contributed by atoms with Gasteiger partial charge < -0.3 is 15.0 Å². The summed E-state index contributed by atoms with van der Waals surface area (Å²) in [6.45, 7) is 3.38. The van der Waals surface area contributed by atoms with E-state index in [1.54, 1.807) is 0 Å². The summed E-state index contributed by atoms with van der Waals surface area (Å²) in [5.74, 6) is 0.617. The Bertz CT molecular complexity index is 669. The molecule has 0 saturated carbocycles. The zero-order valence-electron chi connectivity index (χ0n) is 12.4. The van der Waals surface area contributed by atoms with Crippen LogP contribution in [0.25, 0.3) is 10.9 Å². The van der Waals surface area contributed by atoms with Crippen LogP contribution in [0.3, 0.4) is 0 Å². The summed E-state index contributed by atoms with van der Waals surface area (Å²) in [7, 11) is 0. The molecule has 1 heterocycles. The third-order valence-corrected chi connectivity index (χ3v) is 3.94. The van der Waals surface area contributed by atoms with Crippen molar-refractivity contribution in [1.29, 1.82) is 0 Å². The number of aliphatic hydroxyl groups excluding tert-OH is 1. The van der Waals surface area contributed by atoms with Gasteiger partial charge in [0, 0.05) is 24.0 Å². The Kier molecular flexibility index (Phi) is 4.11. The molecule has 2 unspecified atom stereocenters. The lowest BCUT2D eigenvalue weighted by Gasteiger charge is -2.17. The van der Waals surface area contributed by atoms with Crippen LogP contribution in [-0.2, 0) is 6.54 Å². The monoisotopic (exact) mass is 282 g/mol. The first-order valence-electron chi connectivity index (χ1n) is 7.56. The van der Waals surface area contributed by atoms with Gasteiger partial charge in [0.15, 0.2) is 0 Å². The number of benzene rings is 1. The molecular formula is C18H22N2O. The van der Waals surface area contributed by atoms with E-state index in [9.17, 15) is 5.11 Å². The van der Waals surface area contributed by atoms with Gasteiger partial charge in [-0.1, -0.05) is 37.3 Å². The molecule has 3 heteroatoms. The van der Waals surface area contributed by atoms with Gasteiger partial charge in [-0.05, 0) is 35.9 Å². The Labute approximate surface area is 125 Å². The third kappa shape index (κ3) is 3.37. The van der Waals surface area contributed by atoms with Crippen LogP contribution in [0.2, 0.25) is 0 Å². The van der Waals surface area contributed by atoms with Crippen LogP contribution in [0.5, 0.6) is 0 Å². The number of aromatic nitrogens is 1. The molecule has 21 heavy (non-hydrogen) atoms. The van der Waals surface area contributed by atoms with E-state index in [-0.39, 0.29) is 0 Å². The Hall–Kier alpha value is -2.00. The normalized spacial score (nSPS) is 19.5. The average Bonchev–Trinajstić information content (AvgIpc) is 2.90. The van der Waals surface area contributed by atoms with E-state index in [0.717, 1.165) is 12.1 Å². The summed E-state index contributed by atoms with van der Waals surface area (Å²) in [4.78, 5) is 0. The summed E-state index contributed by atoms with van der Waals surface area (Å²) < 4.78 is 2.11. The summed E-state index contributed by atoms with van der Waals surface area (Å²) in [6.07, 6.45) is 9.20. The molecule has 0 amide bonds. The maximum atomic E-state index is 10.2. The second-order valence-corrected chi connectivity index (χ2v) is 5.79. The molecule has 0 spiro atoms. The lowest BCUT2D eigenvalue weighted by molar-refractivity contribution is 0.156. The van der Waals surface area contributed by atoms with Gasteiger partial charge >= 0.3 is 0 Å². The molecule has 1 aliphatic carbocycles. The predicted octanol–water partition coefficient (Wildman–Crippen LogP) is 3.07. The molecule has 2 atom stereocenters. The van der Waals surface area contributed by atoms with Crippen LogP contribution in [0.1, 0.15) is 13.3 Å². The minimum Gasteiger partial charge on any atom is -0.389 e. The number of nitrogens with one attached hydrogen (secondary N) is 1. The predicted molar refractivity (Wildman–Crippen MR) is 87.0 cm³/mol. The lowest BCUT2D eigenvalue weighted by Crippen LogP contribution is -2.29. The highest BCUT2D eigenvalue weighted by Gasteiger charge is 2.09. The molecule has 3 rings (SSSR count). The second-order valence-electron chi connectivity index (χ2n) is 5.79. The van der Waals surface area contributed by atoms with Gasteiger partial charge in [-0.15, -0.1) is 0 Å². The van der Waals surface area contributed by atoms with Gasteiger partial charge in [-0.25, -0.2) is 0 Å². The van der Waals surface area contributed by atoms with Crippen molar-refractivity contribution in [3.05, 3.63) is 60.5 Å². The smallest absolute Gasteiger partial charge is 0.0891 e. The molecule has 0 saturated heterocycles. The average molecular weight is 282 g/mol. The highest BCUT2D eigenvalue weighted by atomic mass is 16.3. The number of hydrogen-bond acceptors (Lipinski definition) is 2. The van der Waals surface area contributed by atoms with Crippen LogP contribution in [0.4, 0.5) is 0 Å². The molecule has 2 N–H and O–H groups in total. The summed E-state index contributed by atoms with van der Waals surface area (Å²) >= 11 is 0. The topological polar surface area (TPSA) is 37.2 Å². The van der Waals surface area contributed by atoms with Gasteiger partial charge in [-0.2, -0.15) is 0 Å². The van der Waals surface area contributed by atoms with Crippen molar-refractivity contribution in [2.24, 2.45) is 5.92 Å². The highest BCUT2D eigenvalue weighted by Crippen LogP contribution is 2.16. The Morgan fingerprint density at radius 1 is 1.33 bits per heavy atom. The Balaban J connectivity index is 1.57. The largest absolute Gasteiger partial charge is 0.389 e. The van der Waals surface area contributed by atoms with Crippen molar-refractivity contribution in [1.82, 2.24) is 9.88 Å². The molecule has 0 fully saturated rings. The van der Waals surface area contributed by atoms with Crippen LogP contribution in [0, 0.1) is 5.92 Å². The van der Waals surface area contributed by atoms with E-state index in [0.29, 0.717) is 19.0 Å². The summed E-state index contributed by atoms with van der Waals surface area (Å²) in [5.41, 5.74) is 2.28. The van der Waals surface area contributed by atoms with Gasteiger partial charge in [0.05, 0.1) is 12.6 Å². The number of allylic oxidation sites excluding steroid dienone is 3. The Morgan fingerprint density at radius 3 is 3.00 bits per heavy atom. The zero-order chi connectivity index (χ0) is 14.7. The molecule has 0 radical (unpaired) electrons. The van der Waals surface area contributed by atoms with E-state index in [1.807, 2.05) is 18.3 Å². The fraction of sp³-hybridized carbons (Fsp3) is 0.333. The molecule has 2 aromatic rings. The molecule has 0 aliphatic heterocycles. The number of fused-ring (bicyclic) bond motifs is 1. The number of hydrogen-bond donors (Lipinski definition) is 2. The zero-order valence-corrected chi connectivity index (χ0v) is 12.4. The SMILES string of the molecule is CC1C=CC(NCC(O)Cn2ccc3ccccc32)=CC1. The van der Waals surface area contributed by atoms with Crippen LogP contribution >= 0.6 is 0 Å². The number of nitrogens with zero attached hydrogens (tertiary/aromatic N) is 1. The van der Waals surface area contributed by atoms with Crippen molar-refractivity contribution in [3.63, 3.8) is 0 Å². The maximum absolute atomic E-state index is 10.2. The first-order valence-corrected chi connectivity index (χ1v) is 7.56. The fourth-order valence-electron chi connectivity index (χ4n) is 2.69. The van der Waals surface area contributed by atoms with Crippen LogP contribution < -0.4 is 5.32 Å². The van der Waals surface area contributed by atoms with Gasteiger partial charge in [0.25, 0.3) is 0 Å². The minimum absolute atomic E-state index is 0.408. The molecular weight excluding hydrogens is 260 g/mol. The minimum atomic E-state index is -0.408. The fourth-order valence-corrected chi connectivity index (χ4v) is 2.69. The molecule has 1 aromatic carbocycles. The molecule has 1 aliphatic rings. The van der Waals surface area contributed by atoms with Crippen LogP contribution in [-0.4, -0.2) is 22.3 Å². The second kappa shape index (κ2) is 6.19. The molecule has 110 valence electrons. The standard InChI is InChI=1S/C18H22N2O/c1-14-6-8-16(9-7-14)19-12-17(21)13-20-11-10-15-4-2-3-5-18(15)20/h2-6,8-11,14,17,19,21H,7,12-13H2,1H3. The maximum Gasteiger partial charge on any atom is 0.0891 e. The molecule has 0 bridgehead atoms. The van der Waals surface area contributed by atoms with Gasteiger partial charge in [0.1, 0.15) is 0 Å². The molecule has 3 nitrogen and oxygen atoms in total. The highest BCUT2D eigenvalue weighted by molar-refractivity contribution is 5.79. The van der Waals surface area contributed by atoms with E-state index in [2.05, 4.69) is 53.2 Å². The van der Waals surface area contributed by atoms with E-state index in [1.165, 1.54) is 10.9 Å². The first kappa shape index (κ1) is 14.0. The van der Waals surface area contributed by atoms with Gasteiger partial charge in [-0.3, -0.25) is 0 Å². The summed E-state index contributed by atoms with van der Waals surface area (Å²) in [5, 5.41) is 14.8.